The lowest BCUT2D eigenvalue weighted by molar-refractivity contribution is -0.141. The number of methoxy groups -OCH3 is 1. The van der Waals surface area contributed by atoms with E-state index in [0.717, 1.165) is 21.5 Å². The number of rotatable bonds is 9. The number of ether oxygens (including phenoxy) is 1. The maximum Gasteiger partial charge on any atom is 0.348 e. The molecule has 0 aliphatic heterocycles. The van der Waals surface area contributed by atoms with Crippen molar-refractivity contribution in [2.75, 3.05) is 13.7 Å². The van der Waals surface area contributed by atoms with E-state index in [4.69, 9.17) is 4.74 Å². The second-order valence-corrected chi connectivity index (χ2v) is 11.8. The minimum Gasteiger partial charge on any atom is -0.762 e. The summed E-state index contributed by atoms with van der Waals surface area (Å²) in [5.41, 5.74) is 0.00988. The van der Waals surface area contributed by atoms with E-state index in [1.807, 2.05) is 121 Å². The zero-order valence-electron chi connectivity index (χ0n) is 19.5. The largest absolute Gasteiger partial charge is 0.762 e. The van der Waals surface area contributed by atoms with Crippen LogP contribution in [-0.2, 0) is 9.53 Å². The number of hydroxylamine groups is 2. The quantitative estimate of drug-likeness (QED) is 0.215. The van der Waals surface area contributed by atoms with Crippen molar-refractivity contribution in [3.8, 4) is 0 Å². The van der Waals surface area contributed by atoms with Crippen LogP contribution in [0.5, 0.6) is 0 Å². The molecule has 0 bridgehead atoms. The highest BCUT2D eigenvalue weighted by molar-refractivity contribution is 7.96. The van der Waals surface area contributed by atoms with Crippen molar-refractivity contribution in [3.05, 3.63) is 132 Å². The Balaban J connectivity index is 2.13. The molecule has 4 aromatic rings. The molecule has 35 heavy (non-hydrogen) atoms. The second-order valence-electron chi connectivity index (χ2n) is 8.25. The van der Waals surface area contributed by atoms with Gasteiger partial charge in [0, 0.05) is 12.5 Å². The molecule has 0 fully saturated rings. The lowest BCUT2D eigenvalue weighted by Gasteiger charge is -2.39. The predicted octanol–water partition coefficient (Wildman–Crippen LogP) is 4.49. The third-order valence-corrected chi connectivity index (χ3v) is 11.1. The van der Waals surface area contributed by atoms with E-state index in [-0.39, 0.29) is 11.8 Å². The molecule has 2 unspecified atom stereocenters. The van der Waals surface area contributed by atoms with Crippen LogP contribution < -0.4 is 15.9 Å². The summed E-state index contributed by atoms with van der Waals surface area (Å²) in [6.45, 7) is -0.280. The third-order valence-electron chi connectivity index (χ3n) is 6.31. The van der Waals surface area contributed by atoms with E-state index in [9.17, 15) is 15.2 Å². The summed E-state index contributed by atoms with van der Waals surface area (Å²) in [6, 6.07) is 39.3. The van der Waals surface area contributed by atoms with Gasteiger partial charge in [0.1, 0.15) is 23.2 Å². The Kier molecular flexibility index (Phi) is 8.06. The van der Waals surface area contributed by atoms with E-state index in [1.54, 1.807) is 0 Å². The van der Waals surface area contributed by atoms with Crippen molar-refractivity contribution in [3.63, 3.8) is 0 Å². The maximum absolute atomic E-state index is 13.9. The third kappa shape index (κ3) is 5.04. The molecule has 0 radical (unpaired) electrons. The fourth-order valence-corrected chi connectivity index (χ4v) is 9.90. The molecule has 0 spiro atoms. The highest BCUT2D eigenvalue weighted by Crippen LogP contribution is 2.63. The monoisotopic (exact) mass is 485 g/mol. The van der Waals surface area contributed by atoms with Crippen molar-refractivity contribution in [2.24, 2.45) is 0 Å². The Morgan fingerprint density at radius 1 is 0.771 bits per heavy atom. The molecule has 6 heteroatoms. The Labute approximate surface area is 206 Å². The van der Waals surface area contributed by atoms with Gasteiger partial charge in [-0.05, 0) is 42.0 Å². The van der Waals surface area contributed by atoms with Gasteiger partial charge >= 0.3 is 5.97 Å². The Morgan fingerprint density at radius 3 is 1.49 bits per heavy atom. The van der Waals surface area contributed by atoms with Gasteiger partial charge in [-0.3, -0.25) is 5.23 Å². The molecule has 4 rings (SSSR count). The molecule has 0 amide bonds. The standard InChI is InChI=1S/C29H28NO4P/c1-34-29(31)28(27(22-30(32)33)23-14-6-2-7-15-23)35(24-16-8-3-9-17-24,25-18-10-4-11-19-25)26-20-12-5-13-21-26/h2-21,27-28,32H,22H2,1H3. The van der Waals surface area contributed by atoms with Crippen LogP contribution in [0.2, 0.25) is 0 Å². The summed E-state index contributed by atoms with van der Waals surface area (Å²) in [4.78, 5) is 13.9. The highest BCUT2D eigenvalue weighted by Gasteiger charge is 2.59. The molecule has 4 aromatic carbocycles. The summed E-state index contributed by atoms with van der Waals surface area (Å²) in [7, 11) is -1.39. The van der Waals surface area contributed by atoms with Gasteiger partial charge in [0.25, 0.3) is 0 Å². The van der Waals surface area contributed by atoms with Crippen LogP contribution in [0.3, 0.4) is 0 Å². The van der Waals surface area contributed by atoms with E-state index >= 15 is 0 Å². The maximum atomic E-state index is 13.9. The Bertz CT molecular complexity index is 1110. The van der Waals surface area contributed by atoms with Gasteiger partial charge in [-0.2, -0.15) is 0 Å². The van der Waals surface area contributed by atoms with Crippen molar-refractivity contribution >= 4 is 29.1 Å². The average Bonchev–Trinajstić information content (AvgIpc) is 2.92. The molecule has 0 heterocycles. The van der Waals surface area contributed by atoms with Crippen LogP contribution in [0.4, 0.5) is 0 Å². The van der Waals surface area contributed by atoms with Crippen LogP contribution in [0.25, 0.3) is 0 Å². The van der Waals surface area contributed by atoms with Crippen molar-refractivity contribution in [1.82, 2.24) is 5.23 Å². The molecule has 1 N–H and O–H groups in total. The van der Waals surface area contributed by atoms with Gasteiger partial charge in [-0.15, -0.1) is 0 Å². The lowest BCUT2D eigenvalue weighted by Crippen LogP contribution is -2.47. The number of benzene rings is 4. The number of esters is 1. The number of carbonyl (C=O) groups is 1. The van der Waals surface area contributed by atoms with Gasteiger partial charge < -0.3 is 15.2 Å². The van der Waals surface area contributed by atoms with E-state index in [2.05, 4.69) is 0 Å². The summed E-state index contributed by atoms with van der Waals surface area (Å²) in [5.74, 6) is -1.06. The number of nitrogens with zero attached hydrogens (tertiary/aromatic N) is 1. The van der Waals surface area contributed by atoms with Crippen molar-refractivity contribution in [1.29, 1.82) is 0 Å². The minimum atomic E-state index is -2.77. The Hall–Kier alpha value is -3.34. The number of hydrogen-bond donors (Lipinski definition) is 1. The summed E-state index contributed by atoms with van der Waals surface area (Å²) in [6.07, 6.45) is 0. The number of hydrogen-bond acceptors (Lipinski definition) is 5. The molecular weight excluding hydrogens is 457 g/mol. The van der Waals surface area contributed by atoms with Crippen LogP contribution >= 0.6 is 7.26 Å². The molecule has 0 aliphatic carbocycles. The average molecular weight is 486 g/mol. The molecular formula is C29H28NO4P. The lowest BCUT2D eigenvalue weighted by atomic mass is 9.95. The van der Waals surface area contributed by atoms with E-state index < -0.39 is 24.8 Å². The molecule has 2 atom stereocenters. The van der Waals surface area contributed by atoms with E-state index in [1.165, 1.54) is 7.11 Å². The normalized spacial score (nSPS) is 13.3. The first-order valence-corrected chi connectivity index (χ1v) is 13.3. The first-order valence-electron chi connectivity index (χ1n) is 11.4. The molecule has 0 aliphatic rings. The molecule has 5 nitrogen and oxygen atoms in total. The van der Waals surface area contributed by atoms with Crippen molar-refractivity contribution in [2.45, 2.75) is 11.6 Å². The van der Waals surface area contributed by atoms with Crippen LogP contribution in [0.1, 0.15) is 11.5 Å². The zero-order valence-corrected chi connectivity index (χ0v) is 20.4. The van der Waals surface area contributed by atoms with E-state index in [0.29, 0.717) is 0 Å². The fraction of sp³-hybridized carbons (Fsp3) is 0.138. The Morgan fingerprint density at radius 2 is 1.14 bits per heavy atom. The highest BCUT2D eigenvalue weighted by atomic mass is 31.2. The second kappa shape index (κ2) is 11.4. The van der Waals surface area contributed by atoms with Crippen LogP contribution in [0.15, 0.2) is 121 Å². The topological polar surface area (TPSA) is 72.8 Å². The molecule has 0 saturated carbocycles. The van der Waals surface area contributed by atoms with Crippen LogP contribution in [0, 0.1) is 5.21 Å². The van der Waals surface area contributed by atoms with Gasteiger partial charge in [-0.1, -0.05) is 84.9 Å². The molecule has 0 saturated heterocycles. The predicted molar refractivity (Wildman–Crippen MR) is 142 cm³/mol. The van der Waals surface area contributed by atoms with Gasteiger partial charge in [0.15, 0.2) is 5.66 Å². The fourth-order valence-electron chi connectivity index (χ4n) is 4.89. The first kappa shape index (κ1) is 24.8. The summed E-state index contributed by atoms with van der Waals surface area (Å²) in [5, 5.41) is 24.9. The first-order chi connectivity index (χ1) is 17.1. The zero-order chi connectivity index (χ0) is 24.7. The van der Waals surface area contributed by atoms with Crippen LogP contribution in [-0.4, -0.2) is 35.7 Å². The van der Waals surface area contributed by atoms with Gasteiger partial charge in [0.2, 0.25) is 0 Å². The van der Waals surface area contributed by atoms with Crippen molar-refractivity contribution < 1.29 is 14.7 Å². The molecule has 178 valence electrons. The summed E-state index contributed by atoms with van der Waals surface area (Å²) >= 11 is 0. The van der Waals surface area contributed by atoms with Gasteiger partial charge in [0.05, 0.1) is 7.11 Å². The molecule has 0 aromatic heterocycles. The smallest absolute Gasteiger partial charge is 0.348 e. The van der Waals surface area contributed by atoms with Gasteiger partial charge in [-0.25, -0.2) is 4.79 Å². The minimum absolute atomic E-state index is 0.0801. The number of carbonyl (C=O) groups excluding carboxylic acids is 1. The summed E-state index contributed by atoms with van der Waals surface area (Å²) < 4.78 is 5.45. The SMILES string of the molecule is COC(=O)C(C(CN([O-])O)c1ccccc1)[P+](c1ccccc1)(c1ccccc1)c1ccccc1.